The van der Waals surface area contributed by atoms with Gasteiger partial charge >= 0.3 is 0 Å². The molecule has 0 aliphatic rings. The summed E-state index contributed by atoms with van der Waals surface area (Å²) in [6, 6.07) is 65.1. The van der Waals surface area contributed by atoms with Crippen molar-refractivity contribution in [1.29, 1.82) is 0 Å². The predicted octanol–water partition coefficient (Wildman–Crippen LogP) is 11.1. The van der Waals surface area contributed by atoms with Gasteiger partial charge in [0.2, 0.25) is 0 Å². The molecule has 7 aromatic carbocycles. The zero-order valence-corrected chi connectivity index (χ0v) is 40.0. The molecule has 0 unspecified atom stereocenters. The lowest BCUT2D eigenvalue weighted by molar-refractivity contribution is -0.0196. The minimum Gasteiger partial charge on any atom is -0.497 e. The zero-order valence-electron chi connectivity index (χ0n) is 40.0. The standard InChI is InChI=1S/C60H57N3O7/c1-65-53-29-19-47(20-30-53)59(45-11-7-5-8-12-45,48-21-31-54(66-2)32-22-48)69-39-37-63(41-51-27-17-43-15-16-44-18-28-52(42-64)62-58(44)57(43)61-51)38-40-70-60(46-13-9-6-10-14-46,49-23-33-55(67-3)34-24-49)50-25-35-56(68-4)36-26-50/h5-36,64H,37-42H2,1-4H3. The van der Waals surface area contributed by atoms with E-state index in [-0.39, 0.29) is 6.61 Å². The van der Waals surface area contributed by atoms with E-state index in [0.717, 1.165) is 83.9 Å². The Bertz CT molecular complexity index is 2850. The number of hydrogen-bond donors (Lipinski definition) is 1. The van der Waals surface area contributed by atoms with E-state index in [4.69, 9.17) is 38.4 Å². The zero-order chi connectivity index (χ0) is 48.3. The van der Waals surface area contributed by atoms with Gasteiger partial charge in [-0.05, 0) is 94.0 Å². The molecule has 1 N–H and O–H groups in total. The van der Waals surface area contributed by atoms with Crippen LogP contribution in [0.5, 0.6) is 23.0 Å². The largest absolute Gasteiger partial charge is 0.497 e. The van der Waals surface area contributed by atoms with Gasteiger partial charge in [0.1, 0.15) is 34.2 Å². The van der Waals surface area contributed by atoms with Crippen molar-refractivity contribution in [3.63, 3.8) is 0 Å². The molecule has 0 amide bonds. The molecule has 0 radical (unpaired) electrons. The molecule has 70 heavy (non-hydrogen) atoms. The second kappa shape index (κ2) is 21.8. The van der Waals surface area contributed by atoms with Crippen molar-refractivity contribution in [3.8, 4) is 23.0 Å². The first kappa shape index (κ1) is 47.5. The number of methoxy groups -OCH3 is 4. The van der Waals surface area contributed by atoms with E-state index >= 15 is 0 Å². The molecule has 0 fully saturated rings. The van der Waals surface area contributed by atoms with Crippen LogP contribution in [0.15, 0.2) is 194 Å². The fourth-order valence-electron chi connectivity index (χ4n) is 9.33. The Morgan fingerprint density at radius 2 is 0.700 bits per heavy atom. The van der Waals surface area contributed by atoms with Gasteiger partial charge in [-0.2, -0.15) is 0 Å². The topological polar surface area (TPSA) is 105 Å². The first-order valence-electron chi connectivity index (χ1n) is 23.4. The lowest BCUT2D eigenvalue weighted by Crippen LogP contribution is -2.39. The summed E-state index contributed by atoms with van der Waals surface area (Å²) in [5.74, 6) is 3.00. The summed E-state index contributed by atoms with van der Waals surface area (Å²) in [6.45, 7) is 1.99. The van der Waals surface area contributed by atoms with Crippen LogP contribution in [0.1, 0.15) is 44.8 Å². The molecule has 0 atom stereocenters. The van der Waals surface area contributed by atoms with Crippen molar-refractivity contribution >= 4 is 21.8 Å². The lowest BCUT2D eigenvalue weighted by Gasteiger charge is -2.38. The number of fused-ring (bicyclic) bond motifs is 3. The van der Waals surface area contributed by atoms with Gasteiger partial charge in [0.25, 0.3) is 0 Å². The number of nitrogens with zero attached hydrogens (tertiary/aromatic N) is 3. The third-order valence-electron chi connectivity index (χ3n) is 13.0. The SMILES string of the molecule is COc1ccc(C(OCCN(CCOC(c2ccccc2)(c2ccc(OC)cc2)c2ccc(OC)cc2)Cc2ccc3ccc4ccc(CO)nc4c3n2)(c2ccccc2)c2ccc(OC)cc2)cc1. The molecule has 10 nitrogen and oxygen atoms in total. The van der Waals surface area contributed by atoms with Crippen molar-refractivity contribution in [1.82, 2.24) is 14.9 Å². The number of ether oxygens (including phenoxy) is 6. The Hall–Kier alpha value is -7.60. The number of benzene rings is 7. The Labute approximate surface area is 409 Å². The van der Waals surface area contributed by atoms with E-state index in [9.17, 15) is 5.11 Å². The van der Waals surface area contributed by atoms with Gasteiger partial charge in [0.15, 0.2) is 0 Å². The summed E-state index contributed by atoms with van der Waals surface area (Å²) in [6.07, 6.45) is 0. The summed E-state index contributed by atoms with van der Waals surface area (Å²) in [4.78, 5) is 12.4. The van der Waals surface area contributed by atoms with Crippen LogP contribution in [0.2, 0.25) is 0 Å². The van der Waals surface area contributed by atoms with Crippen molar-refractivity contribution in [2.75, 3.05) is 54.7 Å². The number of aromatic nitrogens is 2. The molecular weight excluding hydrogens is 875 g/mol. The van der Waals surface area contributed by atoms with Crippen LogP contribution < -0.4 is 18.9 Å². The quantitative estimate of drug-likeness (QED) is 0.0553. The number of aliphatic hydroxyl groups is 1. The fourth-order valence-corrected chi connectivity index (χ4v) is 9.33. The second-order valence-corrected chi connectivity index (χ2v) is 17.0. The molecule has 354 valence electrons. The van der Waals surface area contributed by atoms with Gasteiger partial charge in [0.05, 0.1) is 70.7 Å². The number of hydrogen-bond acceptors (Lipinski definition) is 10. The third-order valence-corrected chi connectivity index (χ3v) is 13.0. The van der Waals surface area contributed by atoms with Gasteiger partial charge in [-0.25, -0.2) is 9.97 Å². The number of pyridine rings is 2. The number of rotatable bonds is 21. The minimum atomic E-state index is -1.01. The molecule has 0 saturated carbocycles. The van der Waals surface area contributed by atoms with Crippen LogP contribution in [0, 0.1) is 0 Å². The van der Waals surface area contributed by atoms with Crippen molar-refractivity contribution in [2.45, 2.75) is 24.4 Å². The van der Waals surface area contributed by atoms with Crippen molar-refractivity contribution in [3.05, 3.63) is 239 Å². The summed E-state index contributed by atoms with van der Waals surface area (Å²) in [7, 11) is 6.69. The first-order valence-corrected chi connectivity index (χ1v) is 23.4. The smallest absolute Gasteiger partial charge is 0.143 e. The molecular formula is C60H57N3O7. The van der Waals surface area contributed by atoms with E-state index in [0.29, 0.717) is 38.5 Å². The van der Waals surface area contributed by atoms with Gasteiger partial charge in [-0.15, -0.1) is 0 Å². The molecule has 2 aromatic heterocycles. The van der Waals surface area contributed by atoms with Crippen LogP contribution in [-0.2, 0) is 33.8 Å². The van der Waals surface area contributed by atoms with E-state index in [1.54, 1.807) is 28.4 Å². The predicted molar refractivity (Wildman–Crippen MR) is 275 cm³/mol. The summed E-state index contributed by atoms with van der Waals surface area (Å²) in [5, 5.41) is 11.9. The van der Waals surface area contributed by atoms with Crippen molar-refractivity contribution < 1.29 is 33.5 Å². The normalized spacial score (nSPS) is 11.8. The van der Waals surface area contributed by atoms with Crippen LogP contribution in [0.3, 0.4) is 0 Å². The van der Waals surface area contributed by atoms with Gasteiger partial charge in [-0.1, -0.05) is 133 Å². The van der Waals surface area contributed by atoms with E-state index < -0.39 is 11.2 Å². The van der Waals surface area contributed by atoms with Crippen LogP contribution in [-0.4, -0.2) is 74.7 Å². The lowest BCUT2D eigenvalue weighted by atomic mass is 9.80. The molecule has 0 spiro atoms. The summed E-state index contributed by atoms with van der Waals surface area (Å²) >= 11 is 0. The molecule has 10 heteroatoms. The molecule has 0 saturated heterocycles. The molecule has 9 aromatic rings. The Kier molecular flexibility index (Phi) is 14.8. The number of aliphatic hydroxyl groups excluding tert-OH is 1. The average Bonchev–Trinajstić information content (AvgIpc) is 3.43. The monoisotopic (exact) mass is 931 g/mol. The van der Waals surface area contributed by atoms with Crippen LogP contribution in [0.4, 0.5) is 0 Å². The third kappa shape index (κ3) is 9.81. The molecule has 0 aliphatic carbocycles. The summed E-state index contributed by atoms with van der Waals surface area (Å²) in [5.41, 5.74) is 6.71. The van der Waals surface area contributed by atoms with Crippen molar-refractivity contribution in [2.24, 2.45) is 0 Å². The molecule has 0 bridgehead atoms. The maximum atomic E-state index is 10.0. The highest BCUT2D eigenvalue weighted by atomic mass is 16.5. The summed E-state index contributed by atoms with van der Waals surface area (Å²) < 4.78 is 37.3. The average molecular weight is 932 g/mol. The molecule has 0 aliphatic heterocycles. The van der Waals surface area contributed by atoms with Crippen LogP contribution in [0.25, 0.3) is 21.8 Å². The Balaban J connectivity index is 1.11. The minimum absolute atomic E-state index is 0.158. The Morgan fingerprint density at radius 3 is 1.04 bits per heavy atom. The highest BCUT2D eigenvalue weighted by molar-refractivity contribution is 6.02. The molecule has 2 heterocycles. The van der Waals surface area contributed by atoms with Crippen LogP contribution >= 0.6 is 0 Å². The molecule has 9 rings (SSSR count). The maximum absolute atomic E-state index is 10.0. The highest BCUT2D eigenvalue weighted by Gasteiger charge is 2.40. The maximum Gasteiger partial charge on any atom is 0.143 e. The van der Waals surface area contributed by atoms with Gasteiger partial charge in [0, 0.05) is 30.4 Å². The fraction of sp³-hybridized carbons (Fsp3) is 0.200. The van der Waals surface area contributed by atoms with Gasteiger partial charge in [-0.3, -0.25) is 4.90 Å². The second-order valence-electron chi connectivity index (χ2n) is 17.0. The van der Waals surface area contributed by atoms with E-state index in [2.05, 4.69) is 95.9 Å². The highest BCUT2D eigenvalue weighted by Crippen LogP contribution is 2.43. The Morgan fingerprint density at radius 1 is 0.386 bits per heavy atom. The first-order chi connectivity index (χ1) is 34.4. The van der Waals surface area contributed by atoms with Gasteiger partial charge < -0.3 is 33.5 Å². The van der Waals surface area contributed by atoms with E-state index in [1.807, 2.05) is 103 Å². The van der Waals surface area contributed by atoms with E-state index in [1.165, 1.54) is 0 Å².